The van der Waals surface area contributed by atoms with E-state index < -0.39 is 42.4 Å². The highest BCUT2D eigenvalue weighted by Gasteiger charge is 2.43. The number of aromatic nitrogens is 2. The van der Waals surface area contributed by atoms with E-state index in [1.54, 1.807) is 0 Å². The molecule has 0 radical (unpaired) electrons. The molecule has 0 bridgehead atoms. The minimum atomic E-state index is -1.38. The molecule has 0 amide bonds. The average Bonchev–Trinajstić information content (AvgIpc) is 2.91. The van der Waals surface area contributed by atoms with Gasteiger partial charge in [-0.25, -0.2) is 4.79 Å². The predicted octanol–water partition coefficient (Wildman–Crippen LogP) is -0.827. The van der Waals surface area contributed by atoms with Gasteiger partial charge in [0.15, 0.2) is 6.23 Å². The Bertz CT molecular complexity index is 872. The van der Waals surface area contributed by atoms with Crippen molar-refractivity contribution < 1.29 is 20.1 Å². The van der Waals surface area contributed by atoms with Gasteiger partial charge in [0.25, 0.3) is 5.56 Å². The highest BCUT2D eigenvalue weighted by Crippen LogP contribution is 2.27. The van der Waals surface area contributed by atoms with Crippen LogP contribution in [0.1, 0.15) is 17.4 Å². The molecule has 8 heteroatoms. The summed E-state index contributed by atoms with van der Waals surface area (Å²) < 4.78 is 7.50. The van der Waals surface area contributed by atoms with Crippen LogP contribution < -0.4 is 11.2 Å². The van der Waals surface area contributed by atoms with Crippen molar-refractivity contribution in [2.24, 2.45) is 0 Å². The topological polar surface area (TPSA) is 114 Å². The third-order valence-corrected chi connectivity index (χ3v) is 4.63. The number of aliphatic hydroxyl groups is 3. The molecule has 0 unspecified atom stereocenters. The monoisotopic (exact) mass is 362 g/mol. The summed E-state index contributed by atoms with van der Waals surface area (Å²) in [4.78, 5) is 24.8. The first kappa shape index (κ1) is 18.5. The minimum Gasteiger partial charge on any atom is -0.394 e. The SMILES string of the molecule is Cc1ccc(CCn2c(=O)ccn([C@@H]3O[C@H](CO)[C@H](O)[C@@H]3O)c2=O)cc1. The van der Waals surface area contributed by atoms with E-state index in [-0.39, 0.29) is 6.54 Å². The molecule has 2 aromatic rings. The van der Waals surface area contributed by atoms with Gasteiger partial charge in [0, 0.05) is 18.8 Å². The van der Waals surface area contributed by atoms with Crippen LogP contribution in [0.2, 0.25) is 0 Å². The van der Waals surface area contributed by atoms with Crippen molar-refractivity contribution in [3.05, 3.63) is 68.5 Å². The van der Waals surface area contributed by atoms with Crippen molar-refractivity contribution in [2.45, 2.75) is 44.4 Å². The van der Waals surface area contributed by atoms with Gasteiger partial charge in [-0.1, -0.05) is 29.8 Å². The van der Waals surface area contributed by atoms with Crippen molar-refractivity contribution in [2.75, 3.05) is 6.61 Å². The van der Waals surface area contributed by atoms with Crippen molar-refractivity contribution in [1.82, 2.24) is 9.13 Å². The highest BCUT2D eigenvalue weighted by atomic mass is 16.6. The van der Waals surface area contributed by atoms with E-state index in [0.717, 1.165) is 20.3 Å². The van der Waals surface area contributed by atoms with Crippen LogP contribution in [0.4, 0.5) is 0 Å². The molecule has 0 saturated carbocycles. The molecule has 1 aromatic carbocycles. The van der Waals surface area contributed by atoms with Crippen LogP contribution in [0, 0.1) is 6.92 Å². The first-order chi connectivity index (χ1) is 12.4. The normalized spacial score (nSPS) is 25.5. The molecule has 0 aliphatic carbocycles. The molecule has 3 N–H and O–H groups in total. The Morgan fingerprint density at radius 3 is 2.38 bits per heavy atom. The van der Waals surface area contributed by atoms with Crippen LogP contribution in [-0.2, 0) is 17.7 Å². The summed E-state index contributed by atoms with van der Waals surface area (Å²) in [5.41, 5.74) is 1.02. The number of aryl methyl sites for hydroxylation is 2. The summed E-state index contributed by atoms with van der Waals surface area (Å²) in [7, 11) is 0. The summed E-state index contributed by atoms with van der Waals surface area (Å²) in [5, 5.41) is 29.1. The molecule has 26 heavy (non-hydrogen) atoms. The smallest absolute Gasteiger partial charge is 0.333 e. The fraction of sp³-hybridized carbons (Fsp3) is 0.444. The van der Waals surface area contributed by atoms with Crippen molar-refractivity contribution >= 4 is 0 Å². The zero-order valence-electron chi connectivity index (χ0n) is 14.4. The minimum absolute atomic E-state index is 0.177. The molecule has 1 aliphatic heterocycles. The van der Waals surface area contributed by atoms with Gasteiger partial charge >= 0.3 is 5.69 Å². The first-order valence-electron chi connectivity index (χ1n) is 8.42. The van der Waals surface area contributed by atoms with Gasteiger partial charge in [0.05, 0.1) is 6.61 Å². The Kier molecular flexibility index (Phi) is 5.38. The zero-order valence-corrected chi connectivity index (χ0v) is 14.4. The molecular formula is C18H22N2O6. The number of benzene rings is 1. The molecular weight excluding hydrogens is 340 g/mol. The lowest BCUT2D eigenvalue weighted by Crippen LogP contribution is -2.43. The van der Waals surface area contributed by atoms with Crippen LogP contribution in [0.5, 0.6) is 0 Å². The van der Waals surface area contributed by atoms with Gasteiger partial charge in [0.2, 0.25) is 0 Å². The Hall–Kier alpha value is -2.26. The van der Waals surface area contributed by atoms with E-state index in [2.05, 4.69) is 0 Å². The second kappa shape index (κ2) is 7.55. The van der Waals surface area contributed by atoms with E-state index in [1.165, 1.54) is 12.3 Å². The maximum absolute atomic E-state index is 12.7. The van der Waals surface area contributed by atoms with Crippen molar-refractivity contribution in [3.63, 3.8) is 0 Å². The highest BCUT2D eigenvalue weighted by molar-refractivity contribution is 5.21. The number of hydrogen-bond donors (Lipinski definition) is 3. The maximum Gasteiger partial charge on any atom is 0.333 e. The number of nitrogens with zero attached hydrogens (tertiary/aromatic N) is 2. The molecule has 1 aromatic heterocycles. The molecule has 8 nitrogen and oxygen atoms in total. The van der Waals surface area contributed by atoms with E-state index >= 15 is 0 Å². The van der Waals surface area contributed by atoms with E-state index in [9.17, 15) is 24.9 Å². The quantitative estimate of drug-likeness (QED) is 0.640. The van der Waals surface area contributed by atoms with Crippen LogP contribution in [0.25, 0.3) is 0 Å². The molecule has 140 valence electrons. The van der Waals surface area contributed by atoms with Gasteiger partial charge < -0.3 is 20.1 Å². The van der Waals surface area contributed by atoms with Gasteiger partial charge in [-0.15, -0.1) is 0 Å². The van der Waals surface area contributed by atoms with Gasteiger partial charge in [-0.2, -0.15) is 0 Å². The maximum atomic E-state index is 12.7. The third-order valence-electron chi connectivity index (χ3n) is 4.63. The van der Waals surface area contributed by atoms with E-state index in [1.807, 2.05) is 31.2 Å². The van der Waals surface area contributed by atoms with Gasteiger partial charge in [-0.05, 0) is 18.9 Å². The summed E-state index contributed by atoms with van der Waals surface area (Å²) >= 11 is 0. The number of aliphatic hydroxyl groups excluding tert-OH is 3. The first-order valence-corrected chi connectivity index (χ1v) is 8.42. The molecule has 1 saturated heterocycles. The van der Waals surface area contributed by atoms with Crippen molar-refractivity contribution in [1.29, 1.82) is 0 Å². The number of rotatable bonds is 5. The second-order valence-corrected chi connectivity index (χ2v) is 6.46. The lowest BCUT2D eigenvalue weighted by Gasteiger charge is -2.18. The Balaban J connectivity index is 1.86. The fourth-order valence-electron chi connectivity index (χ4n) is 3.04. The van der Waals surface area contributed by atoms with Crippen LogP contribution >= 0.6 is 0 Å². The second-order valence-electron chi connectivity index (χ2n) is 6.46. The van der Waals surface area contributed by atoms with E-state index in [4.69, 9.17) is 4.74 Å². The third kappa shape index (κ3) is 3.49. The van der Waals surface area contributed by atoms with Crippen LogP contribution in [-0.4, -0.2) is 49.4 Å². The van der Waals surface area contributed by atoms with Gasteiger partial charge in [-0.3, -0.25) is 13.9 Å². The molecule has 2 heterocycles. The molecule has 4 atom stereocenters. The Morgan fingerprint density at radius 2 is 1.77 bits per heavy atom. The largest absolute Gasteiger partial charge is 0.394 e. The summed E-state index contributed by atoms with van der Waals surface area (Å²) in [6, 6.07) is 9.01. The lowest BCUT2D eigenvalue weighted by molar-refractivity contribution is -0.0556. The summed E-state index contributed by atoms with van der Waals surface area (Å²) in [6.45, 7) is 1.66. The summed E-state index contributed by atoms with van der Waals surface area (Å²) in [5.74, 6) is 0. The molecule has 1 fully saturated rings. The van der Waals surface area contributed by atoms with Gasteiger partial charge in [0.1, 0.15) is 18.3 Å². The Morgan fingerprint density at radius 1 is 1.08 bits per heavy atom. The zero-order chi connectivity index (χ0) is 18.8. The van der Waals surface area contributed by atoms with Crippen LogP contribution in [0.3, 0.4) is 0 Å². The van der Waals surface area contributed by atoms with Crippen molar-refractivity contribution in [3.8, 4) is 0 Å². The molecule has 3 rings (SSSR count). The average molecular weight is 362 g/mol. The van der Waals surface area contributed by atoms with E-state index in [0.29, 0.717) is 6.42 Å². The predicted molar refractivity (Wildman–Crippen MR) is 92.9 cm³/mol. The van der Waals surface area contributed by atoms with Crippen LogP contribution in [0.15, 0.2) is 46.1 Å². The number of ether oxygens (including phenoxy) is 1. The Labute approximate surface area is 149 Å². The fourth-order valence-corrected chi connectivity index (χ4v) is 3.04. The summed E-state index contributed by atoms with van der Waals surface area (Å²) in [6.07, 6.45) is -3.13. The molecule has 0 spiro atoms. The lowest BCUT2D eigenvalue weighted by atomic mass is 10.1. The molecule has 1 aliphatic rings. The standard InChI is InChI=1S/C18H22N2O6/c1-11-2-4-12(5-3-11)6-8-19-14(22)7-9-20(18(19)25)17-16(24)15(23)13(10-21)26-17/h2-5,7,9,13,15-17,21,23-24H,6,8,10H2,1H3/t13-,15+,16+,17-/m1/s1. The number of hydrogen-bond acceptors (Lipinski definition) is 6.